The number of hydrogen-bond donors (Lipinski definition) is 1. The molecule has 100 valence electrons. The van der Waals surface area contributed by atoms with Crippen LogP contribution in [0.2, 0.25) is 5.02 Å². The van der Waals surface area contributed by atoms with Crippen LogP contribution in [-0.4, -0.2) is 24.0 Å². The Labute approximate surface area is 113 Å². The van der Waals surface area contributed by atoms with Crippen LogP contribution in [0.25, 0.3) is 0 Å². The van der Waals surface area contributed by atoms with E-state index in [9.17, 15) is 4.39 Å². The molecule has 0 bridgehead atoms. The summed E-state index contributed by atoms with van der Waals surface area (Å²) in [4.78, 5) is 2.28. The Bertz CT molecular complexity index is 401. The lowest BCUT2D eigenvalue weighted by molar-refractivity contribution is 0.164. The summed E-state index contributed by atoms with van der Waals surface area (Å²) in [6.45, 7) is 4.72. The predicted octanol–water partition coefficient (Wildman–Crippen LogP) is 3.04. The Morgan fingerprint density at radius 2 is 2.11 bits per heavy atom. The number of halogens is 2. The first kappa shape index (κ1) is 13.8. The average molecular weight is 271 g/mol. The smallest absolute Gasteiger partial charge is 0.129 e. The molecule has 0 aliphatic carbocycles. The number of rotatable bonds is 3. The third-order valence-corrected chi connectivity index (χ3v) is 4.02. The van der Waals surface area contributed by atoms with Crippen molar-refractivity contribution in [1.29, 1.82) is 0 Å². The molecule has 1 fully saturated rings. The standard InChI is InChI=1S/C14H20ClFN2/c1-10(17)11-4-6-18(7-5-11)9-12-2-3-13(15)8-14(12)16/h2-3,8,10-11H,4-7,9,17H2,1H3. The Morgan fingerprint density at radius 3 is 2.67 bits per heavy atom. The highest BCUT2D eigenvalue weighted by Gasteiger charge is 2.22. The lowest BCUT2D eigenvalue weighted by atomic mass is 9.91. The quantitative estimate of drug-likeness (QED) is 0.915. The van der Waals surface area contributed by atoms with Gasteiger partial charge < -0.3 is 5.73 Å². The number of benzene rings is 1. The van der Waals surface area contributed by atoms with E-state index >= 15 is 0 Å². The third-order valence-electron chi connectivity index (χ3n) is 3.78. The van der Waals surface area contributed by atoms with Crippen molar-refractivity contribution < 1.29 is 4.39 Å². The third kappa shape index (κ3) is 3.44. The zero-order chi connectivity index (χ0) is 13.1. The maximum atomic E-state index is 13.7. The first-order valence-electron chi connectivity index (χ1n) is 6.48. The topological polar surface area (TPSA) is 29.3 Å². The molecule has 0 saturated carbocycles. The number of nitrogens with zero attached hydrogens (tertiary/aromatic N) is 1. The van der Waals surface area contributed by atoms with Crippen LogP contribution >= 0.6 is 11.6 Å². The van der Waals surface area contributed by atoms with E-state index in [2.05, 4.69) is 11.8 Å². The van der Waals surface area contributed by atoms with Gasteiger partial charge in [-0.15, -0.1) is 0 Å². The van der Waals surface area contributed by atoms with Crippen LogP contribution in [0, 0.1) is 11.7 Å². The highest BCUT2D eigenvalue weighted by molar-refractivity contribution is 6.30. The van der Waals surface area contributed by atoms with Crippen molar-refractivity contribution in [3.05, 3.63) is 34.6 Å². The van der Waals surface area contributed by atoms with Gasteiger partial charge in [0.25, 0.3) is 0 Å². The molecule has 2 nitrogen and oxygen atoms in total. The van der Waals surface area contributed by atoms with Gasteiger partial charge in [-0.3, -0.25) is 4.90 Å². The van der Waals surface area contributed by atoms with Crippen molar-refractivity contribution in [3.63, 3.8) is 0 Å². The molecule has 0 spiro atoms. The van der Waals surface area contributed by atoms with Crippen LogP contribution in [0.3, 0.4) is 0 Å². The molecule has 1 unspecified atom stereocenters. The SMILES string of the molecule is CC(N)C1CCN(Cc2ccc(Cl)cc2F)CC1. The van der Waals surface area contributed by atoms with Crippen LogP contribution in [0.4, 0.5) is 4.39 Å². The van der Waals surface area contributed by atoms with E-state index in [0.29, 0.717) is 17.5 Å². The molecule has 18 heavy (non-hydrogen) atoms. The summed E-state index contributed by atoms with van der Waals surface area (Å²) in [5.74, 6) is 0.396. The van der Waals surface area contributed by atoms with Crippen LogP contribution in [0.5, 0.6) is 0 Å². The number of likely N-dealkylation sites (tertiary alicyclic amines) is 1. The van der Waals surface area contributed by atoms with Crippen molar-refractivity contribution in [2.24, 2.45) is 11.7 Å². The van der Waals surface area contributed by atoms with Gasteiger partial charge in [0.1, 0.15) is 5.82 Å². The van der Waals surface area contributed by atoms with Crippen LogP contribution in [0.1, 0.15) is 25.3 Å². The molecule has 1 aromatic rings. The van der Waals surface area contributed by atoms with E-state index in [1.807, 2.05) is 0 Å². The molecule has 0 amide bonds. The van der Waals surface area contributed by atoms with Crippen molar-refractivity contribution in [3.8, 4) is 0 Å². The van der Waals surface area contributed by atoms with Gasteiger partial charge in [-0.1, -0.05) is 17.7 Å². The minimum atomic E-state index is -0.211. The monoisotopic (exact) mass is 270 g/mol. The second-order valence-electron chi connectivity index (χ2n) is 5.21. The van der Waals surface area contributed by atoms with Gasteiger partial charge in [-0.2, -0.15) is 0 Å². The summed E-state index contributed by atoms with van der Waals surface area (Å²) in [6.07, 6.45) is 2.21. The molecular formula is C14H20ClFN2. The van der Waals surface area contributed by atoms with Gasteiger partial charge in [0, 0.05) is 23.2 Å². The van der Waals surface area contributed by atoms with E-state index in [1.54, 1.807) is 12.1 Å². The fourth-order valence-corrected chi connectivity index (χ4v) is 2.69. The second kappa shape index (κ2) is 6.00. The highest BCUT2D eigenvalue weighted by Crippen LogP contribution is 2.22. The van der Waals surface area contributed by atoms with Crippen LogP contribution in [0.15, 0.2) is 18.2 Å². The molecule has 1 aliphatic heterocycles. The normalized spacial score (nSPS) is 20.0. The van der Waals surface area contributed by atoms with Crippen molar-refractivity contribution in [1.82, 2.24) is 4.90 Å². The predicted molar refractivity (Wildman–Crippen MR) is 73.1 cm³/mol. The Kier molecular flexibility index (Phi) is 4.60. The summed E-state index contributed by atoms with van der Waals surface area (Å²) < 4.78 is 13.7. The zero-order valence-electron chi connectivity index (χ0n) is 10.7. The van der Waals surface area contributed by atoms with Crippen LogP contribution < -0.4 is 5.73 Å². The summed E-state index contributed by atoms with van der Waals surface area (Å²) in [5.41, 5.74) is 6.63. The molecule has 1 aliphatic rings. The van der Waals surface area contributed by atoms with E-state index in [0.717, 1.165) is 31.5 Å². The van der Waals surface area contributed by atoms with Gasteiger partial charge in [0.05, 0.1) is 0 Å². The highest BCUT2D eigenvalue weighted by atomic mass is 35.5. The fraction of sp³-hybridized carbons (Fsp3) is 0.571. The molecular weight excluding hydrogens is 251 g/mol. The minimum Gasteiger partial charge on any atom is -0.328 e. The number of nitrogens with two attached hydrogens (primary N) is 1. The average Bonchev–Trinajstić information content (AvgIpc) is 2.33. The zero-order valence-corrected chi connectivity index (χ0v) is 11.5. The molecule has 1 heterocycles. The first-order chi connectivity index (χ1) is 8.56. The molecule has 0 aromatic heterocycles. The molecule has 4 heteroatoms. The summed E-state index contributed by atoms with van der Waals surface area (Å²) in [5, 5.41) is 0.451. The van der Waals surface area contributed by atoms with Gasteiger partial charge >= 0.3 is 0 Å². The minimum absolute atomic E-state index is 0.211. The van der Waals surface area contributed by atoms with Gasteiger partial charge in [0.15, 0.2) is 0 Å². The van der Waals surface area contributed by atoms with E-state index in [1.165, 1.54) is 6.07 Å². The van der Waals surface area contributed by atoms with Crippen molar-refractivity contribution in [2.45, 2.75) is 32.4 Å². The maximum Gasteiger partial charge on any atom is 0.129 e. The lowest BCUT2D eigenvalue weighted by Crippen LogP contribution is -2.39. The maximum absolute atomic E-state index is 13.7. The van der Waals surface area contributed by atoms with E-state index in [-0.39, 0.29) is 11.9 Å². The molecule has 1 saturated heterocycles. The fourth-order valence-electron chi connectivity index (χ4n) is 2.53. The van der Waals surface area contributed by atoms with Gasteiger partial charge in [0.2, 0.25) is 0 Å². The Hall–Kier alpha value is -0.640. The summed E-state index contributed by atoms with van der Waals surface area (Å²) >= 11 is 5.75. The van der Waals surface area contributed by atoms with Crippen molar-refractivity contribution in [2.75, 3.05) is 13.1 Å². The van der Waals surface area contributed by atoms with E-state index < -0.39 is 0 Å². The molecule has 0 radical (unpaired) electrons. The summed E-state index contributed by atoms with van der Waals surface area (Å²) in [6, 6.07) is 5.16. The van der Waals surface area contributed by atoms with Gasteiger partial charge in [-0.25, -0.2) is 4.39 Å². The van der Waals surface area contributed by atoms with Gasteiger partial charge in [-0.05, 0) is 50.9 Å². The lowest BCUT2D eigenvalue weighted by Gasteiger charge is -2.33. The Balaban J connectivity index is 1.91. The molecule has 1 atom stereocenters. The second-order valence-corrected chi connectivity index (χ2v) is 5.64. The number of hydrogen-bond acceptors (Lipinski definition) is 2. The molecule has 1 aromatic carbocycles. The largest absolute Gasteiger partial charge is 0.328 e. The first-order valence-corrected chi connectivity index (χ1v) is 6.86. The summed E-state index contributed by atoms with van der Waals surface area (Å²) in [7, 11) is 0. The Morgan fingerprint density at radius 1 is 1.44 bits per heavy atom. The van der Waals surface area contributed by atoms with Crippen LogP contribution in [-0.2, 0) is 6.54 Å². The molecule has 2 rings (SSSR count). The number of piperidine rings is 1. The van der Waals surface area contributed by atoms with E-state index in [4.69, 9.17) is 17.3 Å². The molecule has 2 N–H and O–H groups in total. The van der Waals surface area contributed by atoms with Crippen molar-refractivity contribution >= 4 is 11.6 Å².